The summed E-state index contributed by atoms with van der Waals surface area (Å²) in [6.07, 6.45) is 3.06. The van der Waals surface area contributed by atoms with Gasteiger partial charge in [0.15, 0.2) is 0 Å². The van der Waals surface area contributed by atoms with Crippen molar-refractivity contribution in [3.8, 4) is 0 Å². The normalized spacial score (nSPS) is 14.0. The van der Waals surface area contributed by atoms with E-state index in [0.29, 0.717) is 0 Å². The Balaban J connectivity index is 2.36. The van der Waals surface area contributed by atoms with Crippen molar-refractivity contribution in [2.24, 2.45) is 5.73 Å². The number of aryl methyl sites for hydroxylation is 2. The van der Waals surface area contributed by atoms with Crippen molar-refractivity contribution in [3.05, 3.63) is 20.9 Å². The van der Waals surface area contributed by atoms with E-state index in [1.165, 1.54) is 26.3 Å². The number of primary amides is 1. The van der Waals surface area contributed by atoms with E-state index in [1.807, 2.05) is 0 Å². The number of hydrogen-bond acceptors (Lipinski definition) is 5. The van der Waals surface area contributed by atoms with E-state index in [-0.39, 0.29) is 12.4 Å². The van der Waals surface area contributed by atoms with Gasteiger partial charge in [0.25, 0.3) is 0 Å². The lowest BCUT2D eigenvalue weighted by Gasteiger charge is -2.06. The maximum absolute atomic E-state index is 11.8. The smallest absolute Gasteiger partial charge is 0.351 e. The number of carbonyl (C=O) groups excluding carboxylic acids is 1. The lowest BCUT2D eigenvalue weighted by Crippen LogP contribution is -2.30. The van der Waals surface area contributed by atoms with Crippen molar-refractivity contribution in [1.82, 2.24) is 9.55 Å². The van der Waals surface area contributed by atoms with Gasteiger partial charge in [-0.05, 0) is 24.8 Å². The highest BCUT2D eigenvalue weighted by Crippen LogP contribution is 2.38. The molecule has 3 rings (SSSR count). The maximum Gasteiger partial charge on any atom is 0.351 e. The summed E-state index contributed by atoms with van der Waals surface area (Å²) in [5, 5.41) is 0.827. The van der Waals surface area contributed by atoms with E-state index in [4.69, 9.17) is 11.5 Å². The first kappa shape index (κ1) is 11.2. The van der Waals surface area contributed by atoms with Crippen LogP contribution in [0.1, 0.15) is 16.9 Å². The molecular weight excluding hydrogens is 252 g/mol. The summed E-state index contributed by atoms with van der Waals surface area (Å²) < 4.78 is 1.32. The number of nitrogens with zero attached hydrogens (tertiary/aromatic N) is 2. The second-order valence-electron chi connectivity index (χ2n) is 4.37. The molecule has 1 amide bonds. The largest absolute Gasteiger partial charge is 0.383 e. The zero-order valence-electron chi connectivity index (χ0n) is 9.60. The maximum atomic E-state index is 11.8. The Bertz CT molecular complexity index is 716. The molecule has 0 atom stereocenters. The highest BCUT2D eigenvalue weighted by molar-refractivity contribution is 7.19. The summed E-state index contributed by atoms with van der Waals surface area (Å²) in [4.78, 5) is 28.6. The monoisotopic (exact) mass is 264 g/mol. The number of nitrogen functional groups attached to an aromatic ring is 1. The third-order valence-corrected chi connectivity index (χ3v) is 4.48. The summed E-state index contributed by atoms with van der Waals surface area (Å²) in [6.45, 7) is -0.151. The first-order valence-electron chi connectivity index (χ1n) is 5.67. The Hall–Kier alpha value is -1.89. The Labute approximate surface area is 106 Å². The number of amides is 1. The lowest BCUT2D eigenvalue weighted by molar-refractivity contribution is -0.118. The van der Waals surface area contributed by atoms with Crippen molar-refractivity contribution < 1.29 is 4.79 Å². The van der Waals surface area contributed by atoms with E-state index >= 15 is 0 Å². The van der Waals surface area contributed by atoms with Gasteiger partial charge < -0.3 is 11.5 Å². The molecule has 0 unspecified atom stereocenters. The molecule has 0 radical (unpaired) electrons. The van der Waals surface area contributed by atoms with Crippen molar-refractivity contribution in [3.63, 3.8) is 0 Å². The van der Waals surface area contributed by atoms with Crippen LogP contribution in [0.15, 0.2) is 4.79 Å². The molecule has 6 nitrogen and oxygen atoms in total. The first-order valence-corrected chi connectivity index (χ1v) is 6.48. The third kappa shape index (κ3) is 1.51. The molecule has 0 spiro atoms. The molecule has 0 aromatic carbocycles. The van der Waals surface area contributed by atoms with Crippen LogP contribution in [0.4, 0.5) is 5.82 Å². The van der Waals surface area contributed by atoms with Crippen LogP contribution in [-0.2, 0) is 24.2 Å². The van der Waals surface area contributed by atoms with E-state index in [9.17, 15) is 9.59 Å². The van der Waals surface area contributed by atoms with Crippen LogP contribution in [0.5, 0.6) is 0 Å². The van der Waals surface area contributed by atoms with Gasteiger partial charge >= 0.3 is 5.69 Å². The van der Waals surface area contributed by atoms with E-state index < -0.39 is 11.6 Å². The average molecular weight is 264 g/mol. The number of hydrogen-bond donors (Lipinski definition) is 2. The van der Waals surface area contributed by atoms with Crippen molar-refractivity contribution in [1.29, 1.82) is 0 Å². The summed E-state index contributed by atoms with van der Waals surface area (Å²) in [5.74, 6) is -0.298. The number of rotatable bonds is 2. The van der Waals surface area contributed by atoms with E-state index in [1.54, 1.807) is 0 Å². The topological polar surface area (TPSA) is 104 Å². The predicted octanol–water partition coefficient (Wildman–Crippen LogP) is 0.0142. The van der Waals surface area contributed by atoms with Gasteiger partial charge in [0.2, 0.25) is 5.91 Å². The molecule has 2 heterocycles. The zero-order chi connectivity index (χ0) is 12.9. The summed E-state index contributed by atoms with van der Waals surface area (Å²) in [5.41, 5.74) is 11.7. The number of carbonyl (C=O) groups is 1. The number of aromatic nitrogens is 2. The minimum atomic E-state index is -0.557. The molecular formula is C11H12N4O2S. The van der Waals surface area contributed by atoms with Crippen LogP contribution in [0.3, 0.4) is 0 Å². The second-order valence-corrected chi connectivity index (χ2v) is 5.45. The standard InChI is InChI=1S/C11H12N4O2S/c12-7(16)4-15-10-8(9(13)14-11(15)17)5-2-1-3-6(5)18-10/h1-4H2,(H2,12,16)(H2,13,14,17). The van der Waals surface area contributed by atoms with Gasteiger partial charge in [-0.25, -0.2) is 4.79 Å². The number of nitrogens with two attached hydrogens (primary N) is 2. The van der Waals surface area contributed by atoms with Gasteiger partial charge in [-0.2, -0.15) is 4.98 Å². The highest BCUT2D eigenvalue weighted by atomic mass is 32.1. The quantitative estimate of drug-likeness (QED) is 0.797. The fourth-order valence-electron chi connectivity index (χ4n) is 2.45. The molecule has 2 aromatic rings. The average Bonchev–Trinajstić information content (AvgIpc) is 2.82. The van der Waals surface area contributed by atoms with Gasteiger partial charge in [-0.15, -0.1) is 11.3 Å². The van der Waals surface area contributed by atoms with Gasteiger partial charge in [-0.1, -0.05) is 0 Å². The van der Waals surface area contributed by atoms with Crippen LogP contribution in [-0.4, -0.2) is 15.5 Å². The SMILES string of the molecule is NC(=O)Cn1c(=O)nc(N)c2c3c(sc21)CCC3. The Morgan fingerprint density at radius 1 is 1.44 bits per heavy atom. The van der Waals surface area contributed by atoms with Gasteiger partial charge in [-0.3, -0.25) is 9.36 Å². The van der Waals surface area contributed by atoms with Crippen LogP contribution >= 0.6 is 11.3 Å². The minimum Gasteiger partial charge on any atom is -0.383 e. The Morgan fingerprint density at radius 2 is 2.22 bits per heavy atom. The lowest BCUT2D eigenvalue weighted by atomic mass is 10.2. The molecule has 1 aliphatic carbocycles. The molecule has 0 saturated heterocycles. The zero-order valence-corrected chi connectivity index (χ0v) is 10.4. The van der Waals surface area contributed by atoms with Crippen LogP contribution in [0.25, 0.3) is 10.2 Å². The van der Waals surface area contributed by atoms with Gasteiger partial charge in [0.1, 0.15) is 17.2 Å². The second kappa shape index (κ2) is 3.81. The highest BCUT2D eigenvalue weighted by Gasteiger charge is 2.23. The van der Waals surface area contributed by atoms with Crippen molar-refractivity contribution in [2.45, 2.75) is 25.8 Å². The summed E-state index contributed by atoms with van der Waals surface area (Å²) >= 11 is 1.52. The first-order chi connectivity index (χ1) is 8.58. The van der Waals surface area contributed by atoms with Gasteiger partial charge in [0, 0.05) is 4.88 Å². The Morgan fingerprint density at radius 3 is 2.94 bits per heavy atom. The minimum absolute atomic E-state index is 0.151. The molecule has 0 aliphatic heterocycles. The van der Waals surface area contributed by atoms with Crippen LogP contribution in [0.2, 0.25) is 0 Å². The molecule has 2 aromatic heterocycles. The molecule has 0 bridgehead atoms. The molecule has 0 fully saturated rings. The summed E-state index contributed by atoms with van der Waals surface area (Å²) in [6, 6.07) is 0. The molecule has 4 N–H and O–H groups in total. The van der Waals surface area contributed by atoms with E-state index in [0.717, 1.165) is 29.5 Å². The predicted molar refractivity (Wildman–Crippen MR) is 69.5 cm³/mol. The molecule has 94 valence electrons. The number of anilines is 1. The third-order valence-electron chi connectivity index (χ3n) is 3.16. The fraction of sp³-hybridized carbons (Fsp3) is 0.364. The van der Waals surface area contributed by atoms with Crippen molar-refractivity contribution in [2.75, 3.05) is 5.73 Å². The van der Waals surface area contributed by atoms with Gasteiger partial charge in [0.05, 0.1) is 5.39 Å². The number of thiophene rings is 1. The Kier molecular flexibility index (Phi) is 2.37. The molecule has 0 saturated carbocycles. The van der Waals surface area contributed by atoms with E-state index in [2.05, 4.69) is 4.98 Å². The molecule has 1 aliphatic rings. The van der Waals surface area contributed by atoms with Crippen LogP contribution in [0, 0.1) is 0 Å². The molecule has 18 heavy (non-hydrogen) atoms. The van der Waals surface area contributed by atoms with Crippen LogP contribution < -0.4 is 17.2 Å². The van der Waals surface area contributed by atoms with Crippen molar-refractivity contribution >= 4 is 33.3 Å². The molecule has 7 heteroatoms. The fourth-order valence-corrected chi connectivity index (χ4v) is 3.84. The summed E-state index contributed by atoms with van der Waals surface area (Å²) in [7, 11) is 0. The number of fused-ring (bicyclic) bond motifs is 3.